The molecule has 1 amide bonds. The molecule has 1 heterocycles. The second kappa shape index (κ2) is 7.81. The Labute approximate surface area is 136 Å². The Balaban J connectivity index is 2.52. The minimum absolute atomic E-state index is 0.169. The number of amides is 1. The highest BCUT2D eigenvalue weighted by Crippen LogP contribution is 2.19. The zero-order valence-corrected chi connectivity index (χ0v) is 13.9. The number of aromatic nitrogens is 1. The van der Waals surface area contributed by atoms with Crippen LogP contribution < -0.4 is 16.5 Å². The van der Waals surface area contributed by atoms with Gasteiger partial charge < -0.3 is 15.6 Å². The summed E-state index contributed by atoms with van der Waals surface area (Å²) < 4.78 is 1.96. The van der Waals surface area contributed by atoms with Crippen molar-refractivity contribution >= 4 is 22.5 Å². The van der Waals surface area contributed by atoms with E-state index in [9.17, 15) is 9.59 Å². The normalized spacial score (nSPS) is 10.9. The van der Waals surface area contributed by atoms with E-state index in [2.05, 4.69) is 19.2 Å². The third-order valence-corrected chi connectivity index (χ3v) is 3.95. The monoisotopic (exact) mass is 315 g/mol. The molecule has 3 N–H and O–H groups in total. The summed E-state index contributed by atoms with van der Waals surface area (Å²) in [5, 5.41) is 3.25. The zero-order chi connectivity index (χ0) is 16.8. The number of nitrogens with one attached hydrogen (secondary N) is 1. The van der Waals surface area contributed by atoms with Crippen LogP contribution in [0.1, 0.15) is 49.9 Å². The van der Waals surface area contributed by atoms with E-state index in [1.165, 1.54) is 0 Å². The van der Waals surface area contributed by atoms with Crippen molar-refractivity contribution < 1.29 is 4.79 Å². The molecule has 5 nitrogen and oxygen atoms in total. The van der Waals surface area contributed by atoms with E-state index in [1.54, 1.807) is 12.3 Å². The number of aryl methyl sites for hydroxylation is 1. The number of hydrogen-bond donors (Lipinski definition) is 2. The standard InChI is InChI=1S/C18H25N3O2/c1-3-5-10-20-18(23)13-12-21(11-6-4-2)15-9-7-8-14(19)16(15)17(13)22/h7-9,12H,3-6,10-11,19H2,1-2H3,(H,20,23). The molecule has 0 fully saturated rings. The fourth-order valence-electron chi connectivity index (χ4n) is 2.61. The van der Waals surface area contributed by atoms with Gasteiger partial charge in [0, 0.05) is 25.0 Å². The molecule has 0 atom stereocenters. The molecule has 0 saturated carbocycles. The molecule has 0 unspecified atom stereocenters. The molecular weight excluding hydrogens is 290 g/mol. The number of hydrogen-bond acceptors (Lipinski definition) is 3. The molecule has 0 aliphatic heterocycles. The van der Waals surface area contributed by atoms with Crippen molar-refractivity contribution in [3.05, 3.63) is 40.2 Å². The van der Waals surface area contributed by atoms with Gasteiger partial charge in [0.15, 0.2) is 0 Å². The first-order valence-corrected chi connectivity index (χ1v) is 8.30. The first-order chi connectivity index (χ1) is 11.1. The van der Waals surface area contributed by atoms with Crippen molar-refractivity contribution in [2.24, 2.45) is 0 Å². The van der Waals surface area contributed by atoms with Gasteiger partial charge in [0.1, 0.15) is 5.56 Å². The van der Waals surface area contributed by atoms with E-state index in [-0.39, 0.29) is 16.9 Å². The Morgan fingerprint density at radius 3 is 2.65 bits per heavy atom. The summed E-state index contributed by atoms with van der Waals surface area (Å²) in [6.07, 6.45) is 5.57. The van der Waals surface area contributed by atoms with Crippen molar-refractivity contribution in [1.29, 1.82) is 0 Å². The number of anilines is 1. The predicted molar refractivity (Wildman–Crippen MR) is 94.8 cm³/mol. The number of nitrogens with zero attached hydrogens (tertiary/aromatic N) is 1. The van der Waals surface area contributed by atoms with Crippen LogP contribution in [-0.2, 0) is 6.54 Å². The van der Waals surface area contributed by atoms with Crippen molar-refractivity contribution in [2.75, 3.05) is 12.3 Å². The van der Waals surface area contributed by atoms with Crippen molar-refractivity contribution in [1.82, 2.24) is 9.88 Å². The quantitative estimate of drug-likeness (QED) is 0.609. The van der Waals surface area contributed by atoms with E-state index in [0.29, 0.717) is 17.6 Å². The van der Waals surface area contributed by atoms with Gasteiger partial charge in [-0.3, -0.25) is 9.59 Å². The Kier molecular flexibility index (Phi) is 5.79. The lowest BCUT2D eigenvalue weighted by Crippen LogP contribution is -2.30. The van der Waals surface area contributed by atoms with Gasteiger partial charge in [-0.25, -0.2) is 0 Å². The van der Waals surface area contributed by atoms with Gasteiger partial charge in [0.2, 0.25) is 5.43 Å². The van der Waals surface area contributed by atoms with Crippen LogP contribution in [0.4, 0.5) is 5.69 Å². The number of unbranched alkanes of at least 4 members (excludes halogenated alkanes) is 2. The van der Waals surface area contributed by atoms with Gasteiger partial charge in [0.25, 0.3) is 5.91 Å². The van der Waals surface area contributed by atoms with Crippen LogP contribution in [0.3, 0.4) is 0 Å². The Hall–Kier alpha value is -2.30. The number of fused-ring (bicyclic) bond motifs is 1. The Morgan fingerprint density at radius 1 is 1.22 bits per heavy atom. The number of nitrogens with two attached hydrogens (primary N) is 1. The van der Waals surface area contributed by atoms with Crippen LogP contribution in [0, 0.1) is 0 Å². The second-order valence-corrected chi connectivity index (χ2v) is 5.77. The smallest absolute Gasteiger partial charge is 0.256 e. The van der Waals surface area contributed by atoms with E-state index in [0.717, 1.165) is 37.7 Å². The maximum absolute atomic E-state index is 12.7. The van der Waals surface area contributed by atoms with Crippen molar-refractivity contribution in [3.63, 3.8) is 0 Å². The van der Waals surface area contributed by atoms with Crippen LogP contribution >= 0.6 is 0 Å². The number of carbonyl (C=O) groups excluding carboxylic acids is 1. The van der Waals surface area contributed by atoms with Gasteiger partial charge in [-0.1, -0.05) is 32.8 Å². The molecule has 2 rings (SSSR count). The molecule has 0 spiro atoms. The van der Waals surface area contributed by atoms with E-state index in [1.807, 2.05) is 16.7 Å². The van der Waals surface area contributed by atoms with Gasteiger partial charge in [-0.15, -0.1) is 0 Å². The third kappa shape index (κ3) is 3.73. The summed E-state index contributed by atoms with van der Waals surface area (Å²) in [4.78, 5) is 25.1. The van der Waals surface area contributed by atoms with Crippen LogP contribution in [-0.4, -0.2) is 17.0 Å². The zero-order valence-electron chi connectivity index (χ0n) is 13.9. The van der Waals surface area contributed by atoms with E-state index in [4.69, 9.17) is 5.73 Å². The second-order valence-electron chi connectivity index (χ2n) is 5.77. The lowest BCUT2D eigenvalue weighted by atomic mass is 10.1. The molecule has 1 aromatic heterocycles. The first-order valence-electron chi connectivity index (χ1n) is 8.30. The SMILES string of the molecule is CCCCNC(=O)c1cn(CCCC)c2cccc(N)c2c1=O. The van der Waals surface area contributed by atoms with Gasteiger partial charge in [-0.2, -0.15) is 0 Å². The van der Waals surface area contributed by atoms with Gasteiger partial charge in [0.05, 0.1) is 10.9 Å². The number of nitrogen functional groups attached to an aromatic ring is 1. The fraction of sp³-hybridized carbons (Fsp3) is 0.444. The highest BCUT2D eigenvalue weighted by molar-refractivity contribution is 6.00. The molecule has 124 valence electrons. The minimum atomic E-state index is -0.321. The maximum atomic E-state index is 12.7. The predicted octanol–water partition coefficient (Wildman–Crippen LogP) is 2.91. The molecule has 2 aromatic rings. The average Bonchev–Trinajstić information content (AvgIpc) is 2.54. The van der Waals surface area contributed by atoms with Crippen LogP contribution in [0.25, 0.3) is 10.9 Å². The van der Waals surface area contributed by atoms with Crippen molar-refractivity contribution in [3.8, 4) is 0 Å². The molecule has 0 radical (unpaired) electrons. The van der Waals surface area contributed by atoms with Crippen molar-refractivity contribution in [2.45, 2.75) is 46.1 Å². The maximum Gasteiger partial charge on any atom is 0.256 e. The summed E-state index contributed by atoms with van der Waals surface area (Å²) in [6, 6.07) is 5.41. The molecule has 5 heteroatoms. The number of benzene rings is 1. The van der Waals surface area contributed by atoms with E-state index >= 15 is 0 Å². The number of pyridine rings is 1. The topological polar surface area (TPSA) is 77.1 Å². The summed E-state index contributed by atoms with van der Waals surface area (Å²) in [5.74, 6) is -0.321. The molecule has 0 saturated heterocycles. The molecular formula is C18H25N3O2. The fourth-order valence-corrected chi connectivity index (χ4v) is 2.61. The Bertz CT molecular complexity index is 750. The van der Waals surface area contributed by atoms with Crippen LogP contribution in [0.5, 0.6) is 0 Å². The summed E-state index contributed by atoms with van der Waals surface area (Å²) in [6.45, 7) is 5.50. The van der Waals surface area contributed by atoms with Crippen LogP contribution in [0.15, 0.2) is 29.2 Å². The van der Waals surface area contributed by atoms with Gasteiger partial charge in [-0.05, 0) is 25.0 Å². The van der Waals surface area contributed by atoms with E-state index < -0.39 is 0 Å². The summed E-state index contributed by atoms with van der Waals surface area (Å²) in [7, 11) is 0. The highest BCUT2D eigenvalue weighted by Gasteiger charge is 2.16. The Morgan fingerprint density at radius 2 is 1.96 bits per heavy atom. The largest absolute Gasteiger partial charge is 0.398 e. The molecule has 0 bridgehead atoms. The first kappa shape index (κ1) is 17.1. The average molecular weight is 315 g/mol. The molecule has 0 aliphatic rings. The lowest BCUT2D eigenvalue weighted by molar-refractivity contribution is 0.0951. The molecule has 1 aromatic carbocycles. The lowest BCUT2D eigenvalue weighted by Gasteiger charge is -2.14. The van der Waals surface area contributed by atoms with Gasteiger partial charge >= 0.3 is 0 Å². The summed E-state index contributed by atoms with van der Waals surface area (Å²) >= 11 is 0. The number of carbonyl (C=O) groups is 1. The minimum Gasteiger partial charge on any atom is -0.398 e. The summed E-state index contributed by atoms with van der Waals surface area (Å²) in [5.41, 5.74) is 7.08. The number of rotatable bonds is 7. The molecule has 23 heavy (non-hydrogen) atoms. The third-order valence-electron chi connectivity index (χ3n) is 3.95. The highest BCUT2D eigenvalue weighted by atomic mass is 16.2. The molecule has 0 aliphatic carbocycles. The van der Waals surface area contributed by atoms with Crippen LogP contribution in [0.2, 0.25) is 0 Å².